The van der Waals surface area contributed by atoms with Gasteiger partial charge in [0.2, 0.25) is 5.91 Å². The first kappa shape index (κ1) is 18.6. The third-order valence-electron chi connectivity index (χ3n) is 3.36. The normalized spacial score (nSPS) is 10.0. The Balaban J connectivity index is 1.86. The molecule has 0 heterocycles. The minimum absolute atomic E-state index is 0.138. The highest BCUT2D eigenvalue weighted by atomic mass is 35.5. The minimum atomic E-state index is -0.312. The second-order valence-corrected chi connectivity index (χ2v) is 5.60. The van der Waals surface area contributed by atoms with Gasteiger partial charge in [-0.25, -0.2) is 0 Å². The molecule has 2 rings (SSSR count). The predicted molar refractivity (Wildman–Crippen MR) is 96.6 cm³/mol. The lowest BCUT2D eigenvalue weighted by Crippen LogP contribution is -2.27. The highest BCUT2D eigenvalue weighted by molar-refractivity contribution is 6.30. The van der Waals surface area contributed by atoms with Gasteiger partial charge in [-0.2, -0.15) is 0 Å². The third kappa shape index (κ3) is 5.69. The van der Waals surface area contributed by atoms with Crippen molar-refractivity contribution < 1.29 is 19.1 Å². The molecule has 0 aromatic heterocycles. The van der Waals surface area contributed by atoms with Gasteiger partial charge < -0.3 is 20.1 Å². The van der Waals surface area contributed by atoms with Gasteiger partial charge >= 0.3 is 0 Å². The molecular weight excluding hydrogens is 344 g/mol. The topological polar surface area (TPSA) is 76.7 Å². The Morgan fingerprint density at radius 1 is 1.04 bits per heavy atom. The second-order valence-electron chi connectivity index (χ2n) is 5.17. The molecule has 0 saturated heterocycles. The van der Waals surface area contributed by atoms with Crippen LogP contribution in [0.1, 0.15) is 16.8 Å². The zero-order chi connectivity index (χ0) is 18.2. The summed E-state index contributed by atoms with van der Waals surface area (Å²) in [6.07, 6.45) is 0.138. The lowest BCUT2D eigenvalue weighted by Gasteiger charge is -2.09. The van der Waals surface area contributed by atoms with Gasteiger partial charge in [-0.1, -0.05) is 17.7 Å². The number of halogens is 1. The van der Waals surface area contributed by atoms with Gasteiger partial charge in [-0.15, -0.1) is 0 Å². The standard InChI is InChI=1S/C18H19ClN2O4/c1-24-15-8-12(9-16(11-15)25-2)18(23)20-7-6-17(22)21-14-5-3-4-13(19)10-14/h3-5,8-11H,6-7H2,1-2H3,(H,20,23)(H,21,22). The molecule has 0 aliphatic heterocycles. The van der Waals surface area contributed by atoms with Gasteiger partial charge in [0.1, 0.15) is 11.5 Å². The van der Waals surface area contributed by atoms with Crippen LogP contribution in [-0.4, -0.2) is 32.6 Å². The Kier molecular flexibility index (Phi) is 6.65. The molecule has 6 nitrogen and oxygen atoms in total. The van der Waals surface area contributed by atoms with E-state index >= 15 is 0 Å². The van der Waals surface area contributed by atoms with Crippen molar-refractivity contribution >= 4 is 29.1 Å². The first-order valence-electron chi connectivity index (χ1n) is 7.58. The number of nitrogens with one attached hydrogen (secondary N) is 2. The summed E-state index contributed by atoms with van der Waals surface area (Å²) in [6, 6.07) is 11.7. The summed E-state index contributed by atoms with van der Waals surface area (Å²) in [5.41, 5.74) is 1.01. The minimum Gasteiger partial charge on any atom is -0.497 e. The van der Waals surface area contributed by atoms with Crippen LogP contribution in [0, 0.1) is 0 Å². The molecular formula is C18H19ClN2O4. The first-order valence-corrected chi connectivity index (χ1v) is 7.96. The molecule has 0 bridgehead atoms. The van der Waals surface area contributed by atoms with E-state index in [-0.39, 0.29) is 24.8 Å². The molecule has 0 spiro atoms. The number of ether oxygens (including phenoxy) is 2. The van der Waals surface area contributed by atoms with Crippen molar-refractivity contribution in [1.29, 1.82) is 0 Å². The molecule has 2 aromatic rings. The van der Waals surface area contributed by atoms with Crippen LogP contribution < -0.4 is 20.1 Å². The molecule has 2 amide bonds. The summed E-state index contributed by atoms with van der Waals surface area (Å²) in [5, 5.41) is 5.95. The number of amides is 2. The van der Waals surface area contributed by atoms with Crippen molar-refractivity contribution in [3.8, 4) is 11.5 Å². The van der Waals surface area contributed by atoms with Crippen LogP contribution in [0.2, 0.25) is 5.02 Å². The SMILES string of the molecule is COc1cc(OC)cc(C(=O)NCCC(=O)Nc2cccc(Cl)c2)c1. The molecule has 0 aliphatic carbocycles. The maximum atomic E-state index is 12.2. The van der Waals surface area contributed by atoms with E-state index in [1.165, 1.54) is 14.2 Å². The van der Waals surface area contributed by atoms with E-state index < -0.39 is 0 Å². The monoisotopic (exact) mass is 362 g/mol. The zero-order valence-corrected chi connectivity index (χ0v) is 14.7. The highest BCUT2D eigenvalue weighted by Gasteiger charge is 2.10. The van der Waals surface area contributed by atoms with Crippen LogP contribution in [0.5, 0.6) is 11.5 Å². The van der Waals surface area contributed by atoms with E-state index in [1.54, 1.807) is 42.5 Å². The molecule has 0 unspecified atom stereocenters. The lowest BCUT2D eigenvalue weighted by molar-refractivity contribution is -0.116. The average molecular weight is 363 g/mol. The molecule has 0 atom stereocenters. The van der Waals surface area contributed by atoms with Gasteiger partial charge in [0.05, 0.1) is 14.2 Å². The summed E-state index contributed by atoms with van der Waals surface area (Å²) in [6.45, 7) is 0.199. The highest BCUT2D eigenvalue weighted by Crippen LogP contribution is 2.22. The van der Waals surface area contributed by atoms with Crippen molar-refractivity contribution in [1.82, 2.24) is 5.32 Å². The van der Waals surface area contributed by atoms with Crippen LogP contribution >= 0.6 is 11.6 Å². The quantitative estimate of drug-likeness (QED) is 0.793. The Morgan fingerprint density at radius 2 is 1.72 bits per heavy atom. The summed E-state index contributed by atoms with van der Waals surface area (Å²) in [4.78, 5) is 24.1. The van der Waals surface area contributed by atoms with Crippen molar-refractivity contribution in [3.63, 3.8) is 0 Å². The largest absolute Gasteiger partial charge is 0.497 e. The number of hydrogen-bond donors (Lipinski definition) is 2. The summed E-state index contributed by atoms with van der Waals surface area (Å²) >= 11 is 5.86. The molecule has 132 valence electrons. The van der Waals surface area contributed by atoms with Crippen LogP contribution in [-0.2, 0) is 4.79 Å². The molecule has 0 saturated carbocycles. The number of methoxy groups -OCH3 is 2. The van der Waals surface area contributed by atoms with Gasteiger partial charge in [-0.05, 0) is 30.3 Å². The maximum Gasteiger partial charge on any atom is 0.251 e. The fourth-order valence-corrected chi connectivity index (χ4v) is 2.31. The molecule has 2 N–H and O–H groups in total. The summed E-state index contributed by atoms with van der Waals surface area (Å²) < 4.78 is 10.3. The Morgan fingerprint density at radius 3 is 2.32 bits per heavy atom. The Bertz CT molecular complexity index is 742. The van der Waals surface area contributed by atoms with Crippen LogP contribution in [0.3, 0.4) is 0 Å². The fourth-order valence-electron chi connectivity index (χ4n) is 2.12. The zero-order valence-electron chi connectivity index (χ0n) is 14.0. The summed E-state index contributed by atoms with van der Waals surface area (Å²) in [5.74, 6) is 0.505. The number of anilines is 1. The van der Waals surface area contributed by atoms with Gasteiger partial charge in [0.25, 0.3) is 5.91 Å². The maximum absolute atomic E-state index is 12.2. The Hall–Kier alpha value is -2.73. The molecule has 0 fully saturated rings. The second kappa shape index (κ2) is 8.94. The molecule has 25 heavy (non-hydrogen) atoms. The van der Waals surface area contributed by atoms with E-state index in [0.29, 0.717) is 27.8 Å². The van der Waals surface area contributed by atoms with Gasteiger partial charge in [-0.3, -0.25) is 9.59 Å². The van der Waals surface area contributed by atoms with E-state index in [0.717, 1.165) is 0 Å². The average Bonchev–Trinajstić information content (AvgIpc) is 2.61. The van der Waals surface area contributed by atoms with Crippen molar-refractivity contribution in [3.05, 3.63) is 53.1 Å². The van der Waals surface area contributed by atoms with Crippen LogP contribution in [0.4, 0.5) is 5.69 Å². The molecule has 2 aromatic carbocycles. The molecule has 0 aliphatic rings. The Labute approximate surface area is 151 Å². The van der Waals surface area contributed by atoms with E-state index in [1.807, 2.05) is 0 Å². The number of benzene rings is 2. The van der Waals surface area contributed by atoms with Gasteiger partial charge in [0.15, 0.2) is 0 Å². The predicted octanol–water partition coefficient (Wildman–Crippen LogP) is 3.12. The van der Waals surface area contributed by atoms with E-state index in [9.17, 15) is 9.59 Å². The number of hydrogen-bond acceptors (Lipinski definition) is 4. The lowest BCUT2D eigenvalue weighted by atomic mass is 10.2. The van der Waals surface area contributed by atoms with Crippen molar-refractivity contribution in [2.75, 3.05) is 26.1 Å². The van der Waals surface area contributed by atoms with Gasteiger partial charge in [0, 0.05) is 35.3 Å². The van der Waals surface area contributed by atoms with E-state index in [4.69, 9.17) is 21.1 Å². The summed E-state index contributed by atoms with van der Waals surface area (Å²) in [7, 11) is 3.02. The first-order chi connectivity index (χ1) is 12.0. The molecule has 7 heteroatoms. The van der Waals surface area contributed by atoms with Crippen LogP contribution in [0.25, 0.3) is 0 Å². The number of carbonyl (C=O) groups is 2. The third-order valence-corrected chi connectivity index (χ3v) is 3.59. The van der Waals surface area contributed by atoms with Crippen LogP contribution in [0.15, 0.2) is 42.5 Å². The van der Waals surface area contributed by atoms with E-state index in [2.05, 4.69) is 10.6 Å². The number of rotatable bonds is 7. The fraction of sp³-hybridized carbons (Fsp3) is 0.222. The van der Waals surface area contributed by atoms with Crippen molar-refractivity contribution in [2.45, 2.75) is 6.42 Å². The molecule has 0 radical (unpaired) electrons. The smallest absolute Gasteiger partial charge is 0.251 e. The van der Waals surface area contributed by atoms with Crippen molar-refractivity contribution in [2.24, 2.45) is 0 Å². The number of carbonyl (C=O) groups excluding carboxylic acids is 2.